The fourth-order valence-electron chi connectivity index (χ4n) is 3.79. The molecular weight excluding hydrogens is 386 g/mol. The van der Waals surface area contributed by atoms with Crippen molar-refractivity contribution in [1.29, 1.82) is 0 Å². The molecule has 0 saturated carbocycles. The highest BCUT2D eigenvalue weighted by Gasteiger charge is 2.22. The van der Waals surface area contributed by atoms with Crippen molar-refractivity contribution < 1.29 is 4.74 Å². The Labute approximate surface area is 176 Å². The maximum absolute atomic E-state index is 5.76. The first-order chi connectivity index (χ1) is 14.2. The minimum absolute atomic E-state index is 0.278. The third-order valence-corrected chi connectivity index (χ3v) is 6.67. The maximum atomic E-state index is 5.76. The van der Waals surface area contributed by atoms with Crippen molar-refractivity contribution in [1.82, 2.24) is 25.4 Å². The highest BCUT2D eigenvalue weighted by atomic mass is 32.1. The molecule has 1 unspecified atom stereocenters. The number of piperidine rings is 1. The van der Waals surface area contributed by atoms with E-state index in [9.17, 15) is 0 Å². The molecule has 0 aromatic carbocycles. The smallest absolute Gasteiger partial charge is 0.192 e. The van der Waals surface area contributed by atoms with Gasteiger partial charge in [0.1, 0.15) is 12.4 Å². The number of hydrogen-bond donors (Lipinski definition) is 2. The third-order valence-electron chi connectivity index (χ3n) is 5.74. The first-order valence-electron chi connectivity index (χ1n) is 10.5. The second-order valence-electron chi connectivity index (χ2n) is 7.76. The van der Waals surface area contributed by atoms with Crippen LogP contribution in [0.2, 0.25) is 0 Å². The Bertz CT molecular complexity index is 790. The van der Waals surface area contributed by atoms with Crippen molar-refractivity contribution in [3.05, 3.63) is 29.2 Å². The first-order valence-corrected chi connectivity index (χ1v) is 11.4. The van der Waals surface area contributed by atoms with Gasteiger partial charge in [0.15, 0.2) is 11.8 Å². The van der Waals surface area contributed by atoms with E-state index in [1.54, 1.807) is 0 Å². The van der Waals surface area contributed by atoms with E-state index in [0.29, 0.717) is 12.6 Å². The van der Waals surface area contributed by atoms with Crippen LogP contribution in [0.3, 0.4) is 0 Å². The van der Waals surface area contributed by atoms with Crippen LogP contribution in [0.5, 0.6) is 0 Å². The van der Waals surface area contributed by atoms with E-state index >= 15 is 0 Å². The molecule has 2 fully saturated rings. The summed E-state index contributed by atoms with van der Waals surface area (Å²) in [5.41, 5.74) is 0. The average molecular weight is 418 g/mol. The summed E-state index contributed by atoms with van der Waals surface area (Å²) in [7, 11) is 1.98. The van der Waals surface area contributed by atoms with Crippen molar-refractivity contribution in [3.63, 3.8) is 0 Å². The fraction of sp³-hybridized carbons (Fsp3) is 0.650. The number of ether oxygens (including phenoxy) is 1. The summed E-state index contributed by atoms with van der Waals surface area (Å²) in [5, 5.41) is 19.0. The molecule has 2 aromatic heterocycles. The Morgan fingerprint density at radius 2 is 2.17 bits per heavy atom. The second kappa shape index (κ2) is 9.58. The number of thiophene rings is 1. The number of aromatic nitrogens is 3. The number of hydrogen-bond acceptors (Lipinski definition) is 6. The Balaban J connectivity index is 1.35. The molecule has 8 nitrogen and oxygen atoms in total. The molecule has 158 valence electrons. The summed E-state index contributed by atoms with van der Waals surface area (Å²) in [5.74, 6) is 2.61. The number of rotatable bonds is 6. The van der Waals surface area contributed by atoms with Crippen LogP contribution in [0.25, 0.3) is 0 Å². The summed E-state index contributed by atoms with van der Waals surface area (Å²) in [4.78, 5) is 7.27. The molecule has 0 aliphatic carbocycles. The Hall–Kier alpha value is -2.13. The molecule has 2 aliphatic rings. The van der Waals surface area contributed by atoms with Crippen molar-refractivity contribution in [3.8, 4) is 0 Å². The van der Waals surface area contributed by atoms with Crippen molar-refractivity contribution >= 4 is 22.3 Å². The molecular formula is C20H31N7OS. The summed E-state index contributed by atoms with van der Waals surface area (Å²) in [6, 6.07) is 4.75. The average Bonchev–Trinajstić information content (AvgIpc) is 3.50. The zero-order chi connectivity index (χ0) is 20.1. The Morgan fingerprint density at radius 1 is 1.31 bits per heavy atom. The summed E-state index contributed by atoms with van der Waals surface area (Å²) in [6.07, 6.45) is 4.73. The zero-order valence-electron chi connectivity index (χ0n) is 17.3. The van der Waals surface area contributed by atoms with E-state index in [-0.39, 0.29) is 6.10 Å². The van der Waals surface area contributed by atoms with Crippen molar-refractivity contribution in [2.24, 2.45) is 12.0 Å². The van der Waals surface area contributed by atoms with Gasteiger partial charge < -0.3 is 24.8 Å². The van der Waals surface area contributed by atoms with E-state index in [0.717, 1.165) is 69.5 Å². The highest BCUT2D eigenvalue weighted by molar-refractivity contribution is 7.14. The van der Waals surface area contributed by atoms with Crippen LogP contribution in [0, 0.1) is 6.92 Å². The van der Waals surface area contributed by atoms with Crippen molar-refractivity contribution in [2.45, 2.75) is 51.3 Å². The molecule has 0 radical (unpaired) electrons. The second-order valence-corrected chi connectivity index (χ2v) is 8.69. The molecule has 0 amide bonds. The number of nitrogens with zero attached hydrogens (tertiary/aromatic N) is 5. The number of aliphatic imine (C=N–C) groups is 1. The lowest BCUT2D eigenvalue weighted by atomic mass is 10.1. The SMILES string of the molecule is Cc1nnc(CN=C(NCC2CCCO2)NC2CCN(c3cccs3)CC2)n1C. The summed E-state index contributed by atoms with van der Waals surface area (Å²) >= 11 is 1.82. The predicted molar refractivity (Wildman–Crippen MR) is 117 cm³/mol. The third kappa shape index (κ3) is 5.27. The van der Waals surface area contributed by atoms with Crippen LogP contribution in [0.4, 0.5) is 5.00 Å². The number of nitrogens with one attached hydrogen (secondary N) is 2. The van der Waals surface area contributed by atoms with Gasteiger partial charge in [-0.2, -0.15) is 0 Å². The minimum Gasteiger partial charge on any atom is -0.376 e. The zero-order valence-corrected chi connectivity index (χ0v) is 18.1. The Kier molecular flexibility index (Phi) is 6.66. The predicted octanol–water partition coefficient (Wildman–Crippen LogP) is 2.07. The molecule has 9 heteroatoms. The lowest BCUT2D eigenvalue weighted by Gasteiger charge is -2.33. The van der Waals surface area contributed by atoms with Crippen LogP contribution < -0.4 is 15.5 Å². The van der Waals surface area contributed by atoms with Gasteiger partial charge in [-0.05, 0) is 50.1 Å². The molecule has 4 rings (SSSR count). The van der Waals surface area contributed by atoms with Gasteiger partial charge in [-0.3, -0.25) is 0 Å². The van der Waals surface area contributed by atoms with Gasteiger partial charge in [-0.25, -0.2) is 4.99 Å². The standard InChI is InChI=1S/C20H31N7OS/c1-15-24-25-18(26(15)2)14-22-20(21-13-17-5-3-11-28-17)23-16-7-9-27(10-8-16)19-6-4-12-29-19/h4,6,12,16-17H,3,5,7-11,13-14H2,1-2H3,(H2,21,22,23). The fourth-order valence-corrected chi connectivity index (χ4v) is 4.58. The van der Waals surface area contributed by atoms with E-state index in [1.807, 2.05) is 29.9 Å². The molecule has 0 spiro atoms. The summed E-state index contributed by atoms with van der Waals surface area (Å²) in [6.45, 7) is 6.26. The molecule has 0 bridgehead atoms. The lowest BCUT2D eigenvalue weighted by molar-refractivity contribution is 0.113. The van der Waals surface area contributed by atoms with Gasteiger partial charge in [0.25, 0.3) is 0 Å². The molecule has 2 saturated heterocycles. The minimum atomic E-state index is 0.278. The van der Waals surface area contributed by atoms with E-state index < -0.39 is 0 Å². The summed E-state index contributed by atoms with van der Waals surface area (Å²) < 4.78 is 7.74. The molecule has 2 N–H and O–H groups in total. The van der Waals surface area contributed by atoms with Gasteiger partial charge in [0.05, 0.1) is 11.1 Å². The van der Waals surface area contributed by atoms with Crippen LogP contribution in [-0.2, 0) is 18.3 Å². The maximum Gasteiger partial charge on any atom is 0.192 e. The molecule has 2 aromatic rings. The van der Waals surface area contributed by atoms with Gasteiger partial charge >= 0.3 is 0 Å². The molecule has 29 heavy (non-hydrogen) atoms. The molecule has 1 atom stereocenters. The van der Waals surface area contributed by atoms with Crippen LogP contribution in [0.1, 0.15) is 37.3 Å². The molecule has 4 heterocycles. The lowest BCUT2D eigenvalue weighted by Crippen LogP contribution is -2.49. The quantitative estimate of drug-likeness (QED) is 0.553. The van der Waals surface area contributed by atoms with Gasteiger partial charge in [0.2, 0.25) is 0 Å². The number of guanidine groups is 1. The highest BCUT2D eigenvalue weighted by Crippen LogP contribution is 2.24. The normalized spacial score (nSPS) is 21.0. The Morgan fingerprint density at radius 3 is 2.83 bits per heavy atom. The first kappa shape index (κ1) is 20.2. The van der Waals surface area contributed by atoms with Crippen LogP contribution in [-0.4, -0.2) is 59.1 Å². The van der Waals surface area contributed by atoms with E-state index in [1.165, 1.54) is 5.00 Å². The van der Waals surface area contributed by atoms with Gasteiger partial charge in [-0.15, -0.1) is 21.5 Å². The van der Waals surface area contributed by atoms with Crippen LogP contribution in [0.15, 0.2) is 22.5 Å². The van der Waals surface area contributed by atoms with E-state index in [2.05, 4.69) is 43.2 Å². The number of aryl methyl sites for hydroxylation is 1. The van der Waals surface area contributed by atoms with Crippen LogP contribution >= 0.6 is 11.3 Å². The number of anilines is 1. The largest absolute Gasteiger partial charge is 0.376 e. The van der Waals surface area contributed by atoms with Gasteiger partial charge in [0, 0.05) is 39.3 Å². The monoisotopic (exact) mass is 417 g/mol. The topological polar surface area (TPSA) is 79.6 Å². The van der Waals surface area contributed by atoms with Gasteiger partial charge in [-0.1, -0.05) is 0 Å². The van der Waals surface area contributed by atoms with Crippen molar-refractivity contribution in [2.75, 3.05) is 31.1 Å². The molecule has 2 aliphatic heterocycles. The van der Waals surface area contributed by atoms with E-state index in [4.69, 9.17) is 9.73 Å².